The minimum Gasteiger partial charge on any atom is -0.340 e. The second-order valence-corrected chi connectivity index (χ2v) is 7.23. The van der Waals surface area contributed by atoms with E-state index in [-0.39, 0.29) is 22.8 Å². The molecule has 0 saturated heterocycles. The van der Waals surface area contributed by atoms with E-state index >= 15 is 0 Å². The summed E-state index contributed by atoms with van der Waals surface area (Å²) >= 11 is 0. The van der Waals surface area contributed by atoms with Gasteiger partial charge in [0.15, 0.2) is 0 Å². The lowest BCUT2D eigenvalue weighted by Crippen LogP contribution is -2.18. The molecule has 2 aromatic rings. The molecule has 0 spiro atoms. The fourth-order valence-corrected chi connectivity index (χ4v) is 3.32. The number of hydrogen-bond acceptors (Lipinski definition) is 5. The Morgan fingerprint density at radius 3 is 2.72 bits per heavy atom. The number of carbonyl (C=O) groups is 2. The fourth-order valence-electron chi connectivity index (χ4n) is 2.57. The van der Waals surface area contributed by atoms with Crippen LogP contribution in [0.3, 0.4) is 0 Å². The van der Waals surface area contributed by atoms with Crippen molar-refractivity contribution in [2.75, 3.05) is 12.4 Å². The summed E-state index contributed by atoms with van der Waals surface area (Å²) in [6.45, 7) is 2.08. The van der Waals surface area contributed by atoms with E-state index in [4.69, 9.17) is 4.84 Å². The van der Waals surface area contributed by atoms with Gasteiger partial charge in [0.1, 0.15) is 0 Å². The first kappa shape index (κ1) is 16.9. The average Bonchev–Trinajstić information content (AvgIpc) is 3.09. The SMILES string of the molecule is CNS(=O)(=O)c1ccc2c(c1)/C(=C/c1c(C)ccn1OC=O)C(=O)N2. The standard InChI is InChI=1S/C16H15N3O5S/c1-10-5-6-19(24-9-20)15(10)8-13-12-7-11(25(22,23)17-2)3-4-14(12)18-16(13)21/h3-9,17H,1-2H3,(H,18,21)/b13-8-. The van der Waals surface area contributed by atoms with Crippen molar-refractivity contribution in [1.29, 1.82) is 0 Å². The van der Waals surface area contributed by atoms with Crippen molar-refractivity contribution in [3.8, 4) is 0 Å². The number of nitrogens with one attached hydrogen (secondary N) is 2. The summed E-state index contributed by atoms with van der Waals surface area (Å²) in [7, 11) is -2.32. The Bertz CT molecular complexity index is 1000. The summed E-state index contributed by atoms with van der Waals surface area (Å²) in [6, 6.07) is 6.10. The number of aromatic nitrogens is 1. The fraction of sp³-hybridized carbons (Fsp3) is 0.125. The molecule has 0 atom stereocenters. The summed E-state index contributed by atoms with van der Waals surface area (Å²) < 4.78 is 27.5. The highest BCUT2D eigenvalue weighted by Gasteiger charge is 2.27. The first-order valence-electron chi connectivity index (χ1n) is 7.27. The van der Waals surface area contributed by atoms with E-state index in [9.17, 15) is 18.0 Å². The van der Waals surface area contributed by atoms with Gasteiger partial charge in [-0.25, -0.2) is 13.1 Å². The third kappa shape index (κ3) is 2.94. The molecule has 9 heteroatoms. The zero-order valence-electron chi connectivity index (χ0n) is 13.4. The molecule has 130 valence electrons. The average molecular weight is 361 g/mol. The van der Waals surface area contributed by atoms with Crippen LogP contribution in [0.2, 0.25) is 0 Å². The molecule has 0 unspecified atom stereocenters. The maximum atomic E-state index is 12.3. The van der Waals surface area contributed by atoms with E-state index in [0.29, 0.717) is 16.9 Å². The van der Waals surface area contributed by atoms with Gasteiger partial charge < -0.3 is 10.2 Å². The van der Waals surface area contributed by atoms with Gasteiger partial charge in [0.05, 0.1) is 16.2 Å². The minimum absolute atomic E-state index is 0.0485. The first-order chi connectivity index (χ1) is 11.9. The molecule has 1 aromatic carbocycles. The van der Waals surface area contributed by atoms with Crippen molar-refractivity contribution in [1.82, 2.24) is 9.45 Å². The highest BCUT2D eigenvalue weighted by molar-refractivity contribution is 7.89. The summed E-state index contributed by atoms with van der Waals surface area (Å²) in [4.78, 5) is 27.8. The van der Waals surface area contributed by atoms with Crippen molar-refractivity contribution >= 4 is 39.7 Å². The summed E-state index contributed by atoms with van der Waals surface area (Å²) in [5.41, 5.74) is 2.54. The van der Waals surface area contributed by atoms with Gasteiger partial charge in [0.25, 0.3) is 5.91 Å². The van der Waals surface area contributed by atoms with Gasteiger partial charge in [-0.1, -0.05) is 0 Å². The zero-order chi connectivity index (χ0) is 18.2. The number of anilines is 1. The minimum atomic E-state index is -3.64. The lowest BCUT2D eigenvalue weighted by atomic mass is 10.1. The van der Waals surface area contributed by atoms with E-state index in [1.54, 1.807) is 25.3 Å². The van der Waals surface area contributed by atoms with E-state index in [1.165, 1.54) is 30.0 Å². The number of nitrogens with zero attached hydrogens (tertiary/aromatic N) is 1. The molecule has 0 aliphatic carbocycles. The number of aryl methyl sites for hydroxylation is 1. The molecule has 0 fully saturated rings. The normalized spacial score (nSPS) is 15.1. The van der Waals surface area contributed by atoms with Gasteiger partial charge in [-0.15, -0.1) is 0 Å². The topological polar surface area (TPSA) is 106 Å². The van der Waals surface area contributed by atoms with E-state index < -0.39 is 10.0 Å². The largest absolute Gasteiger partial charge is 0.340 e. The molecule has 1 amide bonds. The lowest BCUT2D eigenvalue weighted by Gasteiger charge is -2.06. The second-order valence-electron chi connectivity index (χ2n) is 5.34. The molecule has 0 saturated carbocycles. The Labute approximate surface area is 144 Å². The number of fused-ring (bicyclic) bond motifs is 1. The number of hydrogen-bond donors (Lipinski definition) is 2. The van der Waals surface area contributed by atoms with Crippen molar-refractivity contribution in [3.63, 3.8) is 0 Å². The highest BCUT2D eigenvalue weighted by Crippen LogP contribution is 2.35. The zero-order valence-corrected chi connectivity index (χ0v) is 14.3. The maximum absolute atomic E-state index is 12.3. The van der Waals surface area contributed by atoms with Gasteiger partial charge in [-0.3, -0.25) is 9.59 Å². The number of sulfonamides is 1. The molecular weight excluding hydrogens is 346 g/mol. The quantitative estimate of drug-likeness (QED) is 0.605. The molecule has 0 bridgehead atoms. The predicted octanol–water partition coefficient (Wildman–Crippen LogP) is 0.782. The molecule has 2 N–H and O–H groups in total. The van der Waals surface area contributed by atoms with Crippen LogP contribution in [0.1, 0.15) is 16.8 Å². The van der Waals surface area contributed by atoms with Crippen LogP contribution >= 0.6 is 0 Å². The molecular formula is C16H15N3O5S. The van der Waals surface area contributed by atoms with Crippen molar-refractivity contribution in [3.05, 3.63) is 47.3 Å². The van der Waals surface area contributed by atoms with Crippen molar-refractivity contribution in [2.45, 2.75) is 11.8 Å². The molecule has 1 aliphatic rings. The molecule has 3 rings (SSSR count). The Morgan fingerprint density at radius 2 is 2.04 bits per heavy atom. The molecule has 0 radical (unpaired) electrons. The van der Waals surface area contributed by atoms with Gasteiger partial charge in [-0.05, 0) is 49.9 Å². The smallest absolute Gasteiger partial charge is 0.321 e. The third-order valence-corrected chi connectivity index (χ3v) is 5.30. The molecule has 2 heterocycles. The molecule has 8 nitrogen and oxygen atoms in total. The van der Waals surface area contributed by atoms with Crippen LogP contribution in [0.15, 0.2) is 35.4 Å². The lowest BCUT2D eigenvalue weighted by molar-refractivity contribution is -0.129. The summed E-state index contributed by atoms with van der Waals surface area (Å²) in [5, 5.41) is 2.69. The maximum Gasteiger partial charge on any atom is 0.321 e. The van der Waals surface area contributed by atoms with Crippen LogP contribution in [0, 0.1) is 6.92 Å². The van der Waals surface area contributed by atoms with E-state index in [2.05, 4.69) is 10.0 Å². The first-order valence-corrected chi connectivity index (χ1v) is 8.75. The number of benzene rings is 1. The van der Waals surface area contributed by atoms with Crippen molar-refractivity contribution in [2.24, 2.45) is 0 Å². The van der Waals surface area contributed by atoms with Crippen LogP contribution < -0.4 is 14.9 Å². The monoisotopic (exact) mass is 361 g/mol. The second kappa shape index (κ2) is 6.19. The Hall–Kier alpha value is -2.91. The van der Waals surface area contributed by atoms with Gasteiger partial charge in [0, 0.05) is 17.4 Å². The number of amides is 1. The molecule has 1 aromatic heterocycles. The van der Waals surface area contributed by atoms with Crippen LogP contribution in [0.5, 0.6) is 0 Å². The Kier molecular flexibility index (Phi) is 4.19. The van der Waals surface area contributed by atoms with Crippen LogP contribution in [-0.4, -0.2) is 32.6 Å². The molecule has 1 aliphatic heterocycles. The van der Waals surface area contributed by atoms with E-state index in [1.807, 2.05) is 0 Å². The summed E-state index contributed by atoms with van der Waals surface area (Å²) in [5.74, 6) is -0.368. The van der Waals surface area contributed by atoms with Crippen molar-refractivity contribution < 1.29 is 22.8 Å². The third-order valence-electron chi connectivity index (χ3n) is 3.89. The number of rotatable bonds is 5. The number of carbonyl (C=O) groups excluding carboxylic acids is 2. The predicted molar refractivity (Wildman–Crippen MR) is 91.0 cm³/mol. The summed E-state index contributed by atoms with van der Waals surface area (Å²) in [6.07, 6.45) is 3.10. The van der Waals surface area contributed by atoms with Gasteiger partial charge in [-0.2, -0.15) is 4.73 Å². The van der Waals surface area contributed by atoms with Crippen LogP contribution in [0.4, 0.5) is 5.69 Å². The van der Waals surface area contributed by atoms with Crippen LogP contribution in [-0.2, 0) is 19.6 Å². The van der Waals surface area contributed by atoms with Gasteiger partial charge >= 0.3 is 6.47 Å². The highest BCUT2D eigenvalue weighted by atomic mass is 32.2. The Morgan fingerprint density at radius 1 is 1.28 bits per heavy atom. The van der Waals surface area contributed by atoms with E-state index in [0.717, 1.165) is 5.56 Å². The van der Waals surface area contributed by atoms with Gasteiger partial charge in [0.2, 0.25) is 10.0 Å². The van der Waals surface area contributed by atoms with Crippen LogP contribution in [0.25, 0.3) is 11.6 Å². The Balaban J connectivity index is 2.15. The molecule has 25 heavy (non-hydrogen) atoms.